The molecule has 0 aliphatic rings. The molecular formula is C26H23N5O5S2. The summed E-state index contributed by atoms with van der Waals surface area (Å²) in [6.45, 7) is -0.0213. The second-order valence-electron chi connectivity index (χ2n) is 8.24. The average molecular weight is 550 g/mol. The second-order valence-corrected chi connectivity index (χ2v) is 11.0. The van der Waals surface area contributed by atoms with Crippen LogP contribution in [0.1, 0.15) is 21.5 Å². The Bertz CT molecular complexity index is 1570. The quantitative estimate of drug-likeness (QED) is 0.309. The molecule has 4 aromatic rings. The van der Waals surface area contributed by atoms with Crippen molar-refractivity contribution in [1.82, 2.24) is 14.3 Å². The van der Waals surface area contributed by atoms with Crippen LogP contribution in [0.5, 0.6) is 0 Å². The van der Waals surface area contributed by atoms with Crippen LogP contribution in [-0.4, -0.2) is 48.1 Å². The Morgan fingerprint density at radius 1 is 1.13 bits per heavy atom. The highest BCUT2D eigenvalue weighted by Crippen LogP contribution is 2.24. The third kappa shape index (κ3) is 6.92. The Balaban J connectivity index is 1.46. The van der Waals surface area contributed by atoms with Gasteiger partial charge in [-0.1, -0.05) is 42.5 Å². The number of anilines is 1. The maximum atomic E-state index is 13.1. The zero-order chi connectivity index (χ0) is 27.1. The van der Waals surface area contributed by atoms with E-state index in [0.29, 0.717) is 16.4 Å². The molecule has 0 radical (unpaired) electrons. The van der Waals surface area contributed by atoms with E-state index in [1.54, 1.807) is 24.3 Å². The predicted molar refractivity (Wildman–Crippen MR) is 143 cm³/mol. The monoisotopic (exact) mass is 549 g/mol. The molecule has 0 fully saturated rings. The van der Waals surface area contributed by atoms with Crippen molar-refractivity contribution in [1.29, 1.82) is 5.26 Å². The lowest BCUT2D eigenvalue weighted by atomic mass is 10.1. The van der Waals surface area contributed by atoms with Crippen molar-refractivity contribution in [3.8, 4) is 17.3 Å². The zero-order valence-electron chi connectivity index (χ0n) is 20.2. The van der Waals surface area contributed by atoms with E-state index in [1.165, 1.54) is 29.8 Å². The van der Waals surface area contributed by atoms with E-state index in [2.05, 4.69) is 15.6 Å². The summed E-state index contributed by atoms with van der Waals surface area (Å²) in [4.78, 5) is 30.4. The van der Waals surface area contributed by atoms with Crippen molar-refractivity contribution in [2.45, 2.75) is 12.6 Å². The molecule has 38 heavy (non-hydrogen) atoms. The Morgan fingerprint density at radius 2 is 1.87 bits per heavy atom. The van der Waals surface area contributed by atoms with Gasteiger partial charge in [0, 0.05) is 23.3 Å². The summed E-state index contributed by atoms with van der Waals surface area (Å²) < 4.78 is 30.1. The molecule has 1 unspecified atom stereocenters. The molecule has 0 aliphatic carbocycles. The number of carbonyl (C=O) groups excluding carboxylic acids is 2. The number of hydrogen-bond donors (Lipinski definition) is 2. The number of amides is 2. The zero-order valence-corrected chi connectivity index (χ0v) is 21.8. The van der Waals surface area contributed by atoms with E-state index in [9.17, 15) is 18.0 Å². The van der Waals surface area contributed by atoms with Gasteiger partial charge >= 0.3 is 0 Å². The van der Waals surface area contributed by atoms with E-state index in [1.807, 2.05) is 41.8 Å². The fourth-order valence-electron chi connectivity index (χ4n) is 3.38. The van der Waals surface area contributed by atoms with E-state index >= 15 is 0 Å². The lowest BCUT2D eigenvalue weighted by Crippen LogP contribution is -2.46. The van der Waals surface area contributed by atoms with Crippen LogP contribution in [0.3, 0.4) is 0 Å². The highest BCUT2D eigenvalue weighted by Gasteiger charge is 2.24. The standard InChI is InChI=1S/C26H23N5O5S2/c1-38(34,35)31-12-11-21(14-31)24(32)28-22(16-36-15-19-9-7-18(13-27)8-10-19)25(33)30-26-29-23(17-37-26)20-5-3-2-4-6-20/h2-12,14,17,22H,15-16H2,1H3,(H,28,32)(H,29,30,33). The Labute approximate surface area is 223 Å². The van der Waals surface area contributed by atoms with Gasteiger partial charge in [-0.3, -0.25) is 13.6 Å². The van der Waals surface area contributed by atoms with E-state index in [0.717, 1.165) is 21.4 Å². The molecule has 2 N–H and O–H groups in total. The Kier molecular flexibility index (Phi) is 8.32. The molecule has 1 atom stereocenters. The minimum Gasteiger partial charge on any atom is -0.374 e. The van der Waals surface area contributed by atoms with Crippen molar-refractivity contribution in [3.63, 3.8) is 0 Å². The summed E-state index contributed by atoms with van der Waals surface area (Å²) in [5.74, 6) is -1.19. The van der Waals surface area contributed by atoms with Gasteiger partial charge in [0.2, 0.25) is 10.0 Å². The molecule has 0 aliphatic heterocycles. The number of rotatable bonds is 10. The second kappa shape index (κ2) is 11.8. The molecule has 0 saturated carbocycles. The molecule has 2 heterocycles. The highest BCUT2D eigenvalue weighted by molar-refractivity contribution is 7.89. The molecule has 10 nitrogen and oxygen atoms in total. The number of hydrogen-bond acceptors (Lipinski definition) is 8. The van der Waals surface area contributed by atoms with Crippen molar-refractivity contribution in [2.75, 3.05) is 18.2 Å². The van der Waals surface area contributed by atoms with Crippen LogP contribution >= 0.6 is 11.3 Å². The summed E-state index contributed by atoms with van der Waals surface area (Å²) >= 11 is 1.24. The van der Waals surface area contributed by atoms with E-state index in [4.69, 9.17) is 10.00 Å². The van der Waals surface area contributed by atoms with Gasteiger partial charge in [0.1, 0.15) is 6.04 Å². The van der Waals surface area contributed by atoms with Gasteiger partial charge in [0.05, 0.1) is 42.4 Å². The molecule has 2 aromatic carbocycles. The fraction of sp³-hybridized carbons (Fsp3) is 0.154. The molecular weight excluding hydrogens is 526 g/mol. The number of ether oxygens (including phenoxy) is 1. The maximum absolute atomic E-state index is 13.1. The third-order valence-electron chi connectivity index (χ3n) is 5.37. The minimum atomic E-state index is -3.57. The molecule has 194 valence electrons. The van der Waals surface area contributed by atoms with Crippen LogP contribution in [-0.2, 0) is 26.2 Å². The molecule has 0 saturated heterocycles. The largest absolute Gasteiger partial charge is 0.374 e. The molecule has 4 rings (SSSR count). The fourth-order valence-corrected chi connectivity index (χ4v) is 4.69. The Morgan fingerprint density at radius 3 is 2.53 bits per heavy atom. The topological polar surface area (TPSA) is 143 Å². The minimum absolute atomic E-state index is 0.0703. The first-order valence-corrected chi connectivity index (χ1v) is 14.0. The van der Waals surface area contributed by atoms with Gasteiger partial charge in [-0.15, -0.1) is 11.3 Å². The van der Waals surface area contributed by atoms with Crippen molar-refractivity contribution in [2.24, 2.45) is 0 Å². The molecule has 0 bridgehead atoms. The first kappa shape index (κ1) is 26.7. The number of benzene rings is 2. The number of nitrogens with one attached hydrogen (secondary N) is 2. The molecule has 12 heteroatoms. The number of carbonyl (C=O) groups is 2. The van der Waals surface area contributed by atoms with E-state index in [-0.39, 0.29) is 18.8 Å². The van der Waals surface area contributed by atoms with E-state index < -0.39 is 27.9 Å². The smallest absolute Gasteiger partial charge is 0.253 e. The van der Waals surface area contributed by atoms with Crippen LogP contribution in [0.2, 0.25) is 0 Å². The summed E-state index contributed by atoms with van der Waals surface area (Å²) in [7, 11) is -3.57. The first-order chi connectivity index (χ1) is 18.2. The maximum Gasteiger partial charge on any atom is 0.253 e. The van der Waals surface area contributed by atoms with Gasteiger partial charge in [-0.25, -0.2) is 13.4 Å². The molecule has 2 aromatic heterocycles. The van der Waals surface area contributed by atoms with Crippen molar-refractivity contribution >= 4 is 38.3 Å². The Hall–Kier alpha value is -4.31. The summed E-state index contributed by atoms with van der Waals surface area (Å²) in [5.41, 5.74) is 2.96. The van der Waals surface area contributed by atoms with Crippen LogP contribution in [0, 0.1) is 11.3 Å². The van der Waals surface area contributed by atoms with Gasteiger partial charge < -0.3 is 15.4 Å². The normalized spacial score (nSPS) is 11.9. The van der Waals surface area contributed by atoms with Crippen molar-refractivity contribution in [3.05, 3.63) is 95.1 Å². The van der Waals surface area contributed by atoms with Gasteiger partial charge in [0.25, 0.3) is 11.8 Å². The highest BCUT2D eigenvalue weighted by atomic mass is 32.2. The van der Waals surface area contributed by atoms with Crippen LogP contribution in [0.25, 0.3) is 11.3 Å². The van der Waals surface area contributed by atoms with Crippen molar-refractivity contribution < 1.29 is 22.7 Å². The lowest BCUT2D eigenvalue weighted by Gasteiger charge is -2.18. The third-order valence-corrected chi connectivity index (χ3v) is 7.13. The number of thiazole rings is 1. The average Bonchev–Trinajstić information content (AvgIpc) is 3.59. The van der Waals surface area contributed by atoms with Crippen LogP contribution < -0.4 is 10.6 Å². The van der Waals surface area contributed by atoms with Gasteiger partial charge in [-0.05, 0) is 23.8 Å². The lowest BCUT2D eigenvalue weighted by molar-refractivity contribution is -0.119. The SMILES string of the molecule is CS(=O)(=O)n1ccc(C(=O)NC(COCc2ccc(C#N)cc2)C(=O)Nc2nc(-c3ccccc3)cs2)c1. The predicted octanol–water partition coefficient (Wildman–Crippen LogP) is 3.24. The van der Waals surface area contributed by atoms with Crippen LogP contribution in [0.15, 0.2) is 78.4 Å². The summed E-state index contributed by atoms with van der Waals surface area (Å²) in [6, 6.07) is 18.6. The van der Waals surface area contributed by atoms with Gasteiger partial charge in [-0.2, -0.15) is 5.26 Å². The summed E-state index contributed by atoms with van der Waals surface area (Å²) in [5, 5.41) is 16.4. The first-order valence-electron chi connectivity index (χ1n) is 11.3. The summed E-state index contributed by atoms with van der Waals surface area (Å²) in [6.07, 6.45) is 3.44. The number of nitrogens with zero attached hydrogens (tertiary/aromatic N) is 3. The molecule has 0 spiro atoms. The van der Waals surface area contributed by atoms with Gasteiger partial charge in [0.15, 0.2) is 5.13 Å². The molecule has 2 amide bonds. The number of nitriles is 1. The van der Waals surface area contributed by atoms with Crippen LogP contribution in [0.4, 0.5) is 5.13 Å². The number of aromatic nitrogens is 2.